The molecule has 1 atom stereocenters. The molecule has 0 N–H and O–H groups in total. The van der Waals surface area contributed by atoms with Gasteiger partial charge < -0.3 is 13.9 Å². The van der Waals surface area contributed by atoms with E-state index >= 15 is 0 Å². The summed E-state index contributed by atoms with van der Waals surface area (Å²) in [4.78, 5) is 0. The summed E-state index contributed by atoms with van der Waals surface area (Å²) in [6.45, 7) is 4.42. The first-order valence-electron chi connectivity index (χ1n) is 4.59. The van der Waals surface area contributed by atoms with Gasteiger partial charge in [-0.15, -0.1) is 6.58 Å². The van der Waals surface area contributed by atoms with Crippen LogP contribution in [0.15, 0.2) is 12.7 Å². The highest BCUT2D eigenvalue weighted by molar-refractivity contribution is 6.27. The maximum Gasteiger partial charge on any atom is 0.168 e. The molecule has 0 saturated carbocycles. The molecule has 0 aromatic rings. The van der Waals surface area contributed by atoms with Gasteiger partial charge in [-0.2, -0.15) is 0 Å². The van der Waals surface area contributed by atoms with Crippen molar-refractivity contribution in [2.75, 3.05) is 20.8 Å². The van der Waals surface area contributed by atoms with Crippen molar-refractivity contribution in [1.82, 2.24) is 0 Å². The second kappa shape index (κ2) is 9.92. The molecular formula is C9H20O3Si. The third-order valence-corrected chi connectivity index (χ3v) is 2.93. The molecule has 0 aromatic carbocycles. The Labute approximate surface area is 83.0 Å². The fraction of sp³-hybridized carbons (Fsp3) is 0.778. The number of hydrogen-bond acceptors (Lipinski definition) is 3. The molecule has 13 heavy (non-hydrogen) atoms. The lowest BCUT2D eigenvalue weighted by Crippen LogP contribution is -2.18. The van der Waals surface area contributed by atoms with Gasteiger partial charge in [-0.1, -0.05) is 6.08 Å². The molecule has 0 aliphatic rings. The van der Waals surface area contributed by atoms with E-state index in [0.29, 0.717) is 0 Å². The van der Waals surface area contributed by atoms with Gasteiger partial charge in [0, 0.05) is 20.8 Å². The molecule has 0 aliphatic heterocycles. The zero-order chi connectivity index (χ0) is 9.94. The average molecular weight is 204 g/mol. The number of allylic oxidation sites excluding steroid dienone is 1. The predicted molar refractivity (Wildman–Crippen MR) is 56.5 cm³/mol. The Kier molecular flexibility index (Phi) is 9.80. The summed E-state index contributed by atoms with van der Waals surface area (Å²) < 4.78 is 15.7. The van der Waals surface area contributed by atoms with E-state index in [0.717, 1.165) is 25.5 Å². The first kappa shape index (κ1) is 12.8. The Morgan fingerprint density at radius 2 is 2.23 bits per heavy atom. The molecular weight excluding hydrogens is 184 g/mol. The molecule has 1 unspecified atom stereocenters. The average Bonchev–Trinajstić information content (AvgIpc) is 2.16. The van der Waals surface area contributed by atoms with Crippen molar-refractivity contribution >= 4 is 9.76 Å². The summed E-state index contributed by atoms with van der Waals surface area (Å²) in [5.74, 6) is 0. The van der Waals surface area contributed by atoms with Crippen molar-refractivity contribution in [2.45, 2.75) is 25.2 Å². The molecule has 0 fully saturated rings. The summed E-state index contributed by atoms with van der Waals surface area (Å²) in [7, 11) is 2.92. The molecule has 0 bridgehead atoms. The minimum Gasteiger partial charge on any atom is -0.399 e. The third kappa shape index (κ3) is 8.17. The van der Waals surface area contributed by atoms with E-state index in [4.69, 9.17) is 13.9 Å². The fourth-order valence-electron chi connectivity index (χ4n) is 0.946. The standard InChI is InChI=1S/C9H20O3Si/c1-4-8-13-12-9(11-3)6-5-7-10-2/h4,9H,1,5-8,13H2,2-3H3. The monoisotopic (exact) mass is 204 g/mol. The van der Waals surface area contributed by atoms with E-state index < -0.39 is 9.76 Å². The van der Waals surface area contributed by atoms with E-state index in [1.807, 2.05) is 6.08 Å². The van der Waals surface area contributed by atoms with Crippen LogP contribution in [-0.4, -0.2) is 36.9 Å². The van der Waals surface area contributed by atoms with Crippen molar-refractivity contribution in [3.63, 3.8) is 0 Å². The highest BCUT2D eigenvalue weighted by Crippen LogP contribution is 2.03. The number of ether oxygens (including phenoxy) is 2. The first-order chi connectivity index (χ1) is 6.35. The molecule has 0 saturated heterocycles. The Morgan fingerprint density at radius 1 is 1.46 bits per heavy atom. The van der Waals surface area contributed by atoms with Crippen molar-refractivity contribution in [3.8, 4) is 0 Å². The van der Waals surface area contributed by atoms with Gasteiger partial charge in [0.2, 0.25) is 0 Å². The maximum atomic E-state index is 5.57. The van der Waals surface area contributed by atoms with Gasteiger partial charge in [0.1, 0.15) is 6.29 Å². The van der Waals surface area contributed by atoms with E-state index in [1.54, 1.807) is 14.2 Å². The number of hydrogen-bond donors (Lipinski definition) is 0. The van der Waals surface area contributed by atoms with Gasteiger partial charge in [-0.05, 0) is 18.9 Å². The van der Waals surface area contributed by atoms with Crippen molar-refractivity contribution in [1.29, 1.82) is 0 Å². The molecule has 0 aromatic heterocycles. The lowest BCUT2D eigenvalue weighted by atomic mass is 10.3. The summed E-state index contributed by atoms with van der Waals surface area (Å²) in [5.41, 5.74) is 0. The molecule has 0 heterocycles. The van der Waals surface area contributed by atoms with Gasteiger partial charge in [-0.3, -0.25) is 0 Å². The zero-order valence-electron chi connectivity index (χ0n) is 8.62. The number of rotatable bonds is 9. The lowest BCUT2D eigenvalue weighted by molar-refractivity contribution is -0.0607. The largest absolute Gasteiger partial charge is 0.399 e. The maximum absolute atomic E-state index is 5.57. The van der Waals surface area contributed by atoms with E-state index in [-0.39, 0.29) is 6.29 Å². The van der Waals surface area contributed by atoms with E-state index in [2.05, 4.69) is 6.58 Å². The molecule has 0 aliphatic carbocycles. The minimum absolute atomic E-state index is 0.0400. The summed E-state index contributed by atoms with van der Waals surface area (Å²) in [6.07, 6.45) is 3.75. The Hall–Kier alpha value is -0.163. The van der Waals surface area contributed by atoms with E-state index in [1.165, 1.54) is 0 Å². The van der Waals surface area contributed by atoms with E-state index in [9.17, 15) is 0 Å². The van der Waals surface area contributed by atoms with Gasteiger partial charge >= 0.3 is 0 Å². The highest BCUT2D eigenvalue weighted by Gasteiger charge is 2.05. The Bertz CT molecular complexity index is 119. The normalized spacial score (nSPS) is 13.7. The molecule has 78 valence electrons. The SMILES string of the molecule is C=CC[SiH2]OC(CCCOC)OC. The van der Waals surface area contributed by atoms with Crippen LogP contribution in [0.25, 0.3) is 0 Å². The molecule has 0 amide bonds. The quantitative estimate of drug-likeness (QED) is 0.243. The molecule has 0 radical (unpaired) electrons. The summed E-state index contributed by atoms with van der Waals surface area (Å²) in [5, 5.41) is 0. The zero-order valence-corrected chi connectivity index (χ0v) is 10.0. The number of methoxy groups -OCH3 is 2. The summed E-state index contributed by atoms with van der Waals surface area (Å²) in [6, 6.07) is 1.00. The molecule has 0 spiro atoms. The van der Waals surface area contributed by atoms with Crippen LogP contribution in [0.3, 0.4) is 0 Å². The van der Waals surface area contributed by atoms with Crippen LogP contribution in [0.1, 0.15) is 12.8 Å². The van der Waals surface area contributed by atoms with Crippen LogP contribution < -0.4 is 0 Å². The smallest absolute Gasteiger partial charge is 0.168 e. The van der Waals surface area contributed by atoms with Crippen molar-refractivity contribution in [3.05, 3.63) is 12.7 Å². The molecule has 4 heteroatoms. The van der Waals surface area contributed by atoms with Crippen LogP contribution >= 0.6 is 0 Å². The third-order valence-electron chi connectivity index (χ3n) is 1.68. The summed E-state index contributed by atoms with van der Waals surface area (Å²) >= 11 is 0. The minimum atomic E-state index is -0.465. The van der Waals surface area contributed by atoms with Crippen LogP contribution in [0, 0.1) is 0 Å². The fourth-order valence-corrected chi connectivity index (χ4v) is 1.81. The Morgan fingerprint density at radius 3 is 2.77 bits per heavy atom. The Balaban J connectivity index is 3.33. The van der Waals surface area contributed by atoms with Crippen molar-refractivity contribution < 1.29 is 13.9 Å². The molecule has 0 rings (SSSR count). The predicted octanol–water partition coefficient (Wildman–Crippen LogP) is 1.09. The second-order valence-electron chi connectivity index (χ2n) is 2.75. The van der Waals surface area contributed by atoms with Gasteiger partial charge in [0.05, 0.1) is 0 Å². The van der Waals surface area contributed by atoms with Crippen LogP contribution in [0.2, 0.25) is 6.04 Å². The van der Waals surface area contributed by atoms with Crippen LogP contribution in [0.5, 0.6) is 0 Å². The van der Waals surface area contributed by atoms with Crippen LogP contribution in [0.4, 0.5) is 0 Å². The van der Waals surface area contributed by atoms with Gasteiger partial charge in [-0.25, -0.2) is 0 Å². The van der Waals surface area contributed by atoms with Crippen molar-refractivity contribution in [2.24, 2.45) is 0 Å². The molecule has 3 nitrogen and oxygen atoms in total. The highest BCUT2D eigenvalue weighted by atomic mass is 28.2. The topological polar surface area (TPSA) is 27.7 Å². The first-order valence-corrected chi connectivity index (χ1v) is 6.17. The lowest BCUT2D eigenvalue weighted by Gasteiger charge is -2.15. The van der Waals surface area contributed by atoms with Crippen LogP contribution in [-0.2, 0) is 13.9 Å². The second-order valence-corrected chi connectivity index (χ2v) is 4.07. The van der Waals surface area contributed by atoms with Gasteiger partial charge in [0.15, 0.2) is 9.76 Å². The van der Waals surface area contributed by atoms with Gasteiger partial charge in [0.25, 0.3) is 0 Å².